The maximum absolute atomic E-state index is 8.88. The third-order valence-electron chi connectivity index (χ3n) is 0. The molecule has 0 atom stereocenters. The standard InChI is InChI=1S/Fe.Li.2Mn.2H3O4P.H/c;;;;2*1-5(2,3)4;/h;;;;2*(H3,1,2,3,4);. The van der Waals surface area contributed by atoms with E-state index in [9.17, 15) is 0 Å². The fourth-order valence-corrected chi connectivity index (χ4v) is 0. The summed E-state index contributed by atoms with van der Waals surface area (Å²) in [4.78, 5) is 43.1. The van der Waals surface area contributed by atoms with Crippen LogP contribution in [0.4, 0.5) is 0 Å². The largest absolute Gasteiger partial charge is 0 e. The smallest absolute Gasteiger partial charge is 0 e. The fourth-order valence-electron chi connectivity index (χ4n) is 0. The molecular weight excluding hydrogens is 363 g/mol. The molecular formula is H7FeLiMn2O8P2. The molecule has 0 aromatic carbocycles. The van der Waals surface area contributed by atoms with Crippen LogP contribution in [0, 0.1) is 0 Å². The van der Waals surface area contributed by atoms with Crippen LogP contribution in [0.1, 0.15) is 0 Å². The third-order valence-corrected chi connectivity index (χ3v) is 0. The Morgan fingerprint density at radius 2 is 0.643 bits per heavy atom. The molecule has 0 heterocycles. The molecule has 0 saturated carbocycles. The van der Waals surface area contributed by atoms with Crippen molar-refractivity contribution in [3.05, 3.63) is 0 Å². The van der Waals surface area contributed by atoms with E-state index < -0.39 is 15.6 Å². The molecule has 14 heteroatoms. The molecule has 0 spiro atoms. The Bertz CT molecular complexity index is 138. The molecule has 0 bridgehead atoms. The number of hydrogen-bond donors (Lipinski definition) is 6. The van der Waals surface area contributed by atoms with Crippen molar-refractivity contribution in [1.29, 1.82) is 0 Å². The van der Waals surface area contributed by atoms with Crippen LogP contribution < -0.4 is 0 Å². The van der Waals surface area contributed by atoms with Crippen LogP contribution in [0.25, 0.3) is 0 Å². The van der Waals surface area contributed by atoms with Crippen LogP contribution in [-0.4, -0.2) is 48.2 Å². The van der Waals surface area contributed by atoms with E-state index in [1.54, 1.807) is 0 Å². The summed E-state index contributed by atoms with van der Waals surface area (Å²) in [6, 6.07) is 0. The van der Waals surface area contributed by atoms with Gasteiger partial charge in [0, 0.05) is 51.2 Å². The van der Waals surface area contributed by atoms with E-state index in [1.165, 1.54) is 0 Å². The Balaban J connectivity index is -0.0000000178. The van der Waals surface area contributed by atoms with Gasteiger partial charge in [0.15, 0.2) is 0 Å². The minimum atomic E-state index is -4.64. The van der Waals surface area contributed by atoms with Gasteiger partial charge in [0.2, 0.25) is 0 Å². The summed E-state index contributed by atoms with van der Waals surface area (Å²) in [5.41, 5.74) is 0. The maximum atomic E-state index is 8.88. The van der Waals surface area contributed by atoms with Crippen molar-refractivity contribution in [2.45, 2.75) is 0 Å². The Labute approximate surface area is 123 Å². The van der Waals surface area contributed by atoms with Gasteiger partial charge in [-0.05, 0) is 0 Å². The van der Waals surface area contributed by atoms with Crippen molar-refractivity contribution in [2.75, 3.05) is 0 Å². The van der Waals surface area contributed by atoms with Gasteiger partial charge in [0.05, 0.1) is 0 Å². The van der Waals surface area contributed by atoms with Crippen LogP contribution in [0.3, 0.4) is 0 Å². The fraction of sp³-hybridized carbons (Fsp3) is 0. The normalized spacial score (nSPS) is 8.43. The average Bonchev–Trinajstić information content (AvgIpc) is 1.12. The first kappa shape index (κ1) is 36.0. The van der Waals surface area contributed by atoms with Crippen LogP contribution in [0.15, 0.2) is 0 Å². The van der Waals surface area contributed by atoms with Crippen LogP contribution in [0.2, 0.25) is 0 Å². The monoisotopic (exact) mass is 370 g/mol. The van der Waals surface area contributed by atoms with E-state index in [2.05, 4.69) is 0 Å². The zero-order chi connectivity index (χ0) is 9.00. The Kier molecular flexibility index (Phi) is 39.5. The molecule has 0 saturated heterocycles. The average molecular weight is 370 g/mol. The van der Waals surface area contributed by atoms with Crippen molar-refractivity contribution < 1.29 is 89.7 Å². The summed E-state index contributed by atoms with van der Waals surface area (Å²) in [5.74, 6) is 0. The second kappa shape index (κ2) is 15.4. The molecule has 6 N–H and O–H groups in total. The first-order valence-corrected chi connectivity index (χ1v) is 4.70. The molecule has 0 aromatic heterocycles. The molecule has 0 aliphatic heterocycles. The number of hydrogen-bond acceptors (Lipinski definition) is 2. The quantitative estimate of drug-likeness (QED) is 0.202. The van der Waals surface area contributed by atoms with E-state index in [-0.39, 0.29) is 70.1 Å². The van der Waals surface area contributed by atoms with Gasteiger partial charge in [0.25, 0.3) is 0 Å². The molecule has 0 aliphatic rings. The summed E-state index contributed by atoms with van der Waals surface area (Å²) in [5, 5.41) is 0. The Morgan fingerprint density at radius 1 is 0.643 bits per heavy atom. The van der Waals surface area contributed by atoms with E-state index in [1.807, 2.05) is 0 Å². The minimum Gasteiger partial charge on any atom is 0 e. The van der Waals surface area contributed by atoms with Gasteiger partial charge >= 0.3 is 34.5 Å². The molecule has 0 aromatic rings. The molecule has 0 unspecified atom stereocenters. The van der Waals surface area contributed by atoms with E-state index in [0.717, 1.165) is 0 Å². The van der Waals surface area contributed by atoms with E-state index in [4.69, 9.17) is 38.5 Å². The van der Waals surface area contributed by atoms with Crippen LogP contribution in [-0.2, 0) is 60.3 Å². The molecule has 0 rings (SSSR count). The predicted octanol–water partition coefficient (Wildman–Crippen LogP) is -2.51. The van der Waals surface area contributed by atoms with Crippen molar-refractivity contribution in [3.63, 3.8) is 0 Å². The summed E-state index contributed by atoms with van der Waals surface area (Å²) in [7, 11) is -9.28. The first-order chi connectivity index (χ1) is 4.00. The van der Waals surface area contributed by atoms with Gasteiger partial charge in [-0.1, -0.05) is 0 Å². The molecule has 14 heavy (non-hydrogen) atoms. The van der Waals surface area contributed by atoms with Crippen LogP contribution in [0.5, 0.6) is 0 Å². The molecule has 0 amide bonds. The second-order valence-corrected chi connectivity index (χ2v) is 3.08. The first-order valence-electron chi connectivity index (χ1n) is 1.57. The third kappa shape index (κ3) is 456. The summed E-state index contributed by atoms with van der Waals surface area (Å²) in [6.07, 6.45) is 0. The van der Waals surface area contributed by atoms with E-state index in [0.29, 0.717) is 0 Å². The van der Waals surface area contributed by atoms with Crippen LogP contribution >= 0.6 is 15.6 Å². The summed E-state index contributed by atoms with van der Waals surface area (Å²) >= 11 is 0. The predicted molar refractivity (Wildman–Crippen MR) is 35.7 cm³/mol. The summed E-state index contributed by atoms with van der Waals surface area (Å²) in [6.45, 7) is 0. The molecule has 0 aliphatic carbocycles. The topological polar surface area (TPSA) is 156 Å². The second-order valence-electron chi connectivity index (χ2n) is 1.03. The van der Waals surface area contributed by atoms with Crippen molar-refractivity contribution in [3.8, 4) is 0 Å². The van der Waals surface area contributed by atoms with Gasteiger partial charge in [-0.25, -0.2) is 9.13 Å². The van der Waals surface area contributed by atoms with Gasteiger partial charge in [-0.2, -0.15) is 0 Å². The van der Waals surface area contributed by atoms with Crippen molar-refractivity contribution in [2.24, 2.45) is 0 Å². The van der Waals surface area contributed by atoms with Gasteiger partial charge in [0.1, 0.15) is 0 Å². The molecule has 88 valence electrons. The molecule has 0 fully saturated rings. The Morgan fingerprint density at radius 3 is 0.643 bits per heavy atom. The SMILES string of the molecule is O=P(O)(O)O.O=P(O)(O)O.[Fe].[LiH].[Mn].[Mn]. The van der Waals surface area contributed by atoms with Crippen molar-refractivity contribution in [1.82, 2.24) is 0 Å². The van der Waals surface area contributed by atoms with Crippen molar-refractivity contribution >= 4 is 34.5 Å². The maximum Gasteiger partial charge on any atom is 0 e. The minimum absolute atomic E-state index is 0. The molecule has 8 nitrogen and oxygen atoms in total. The molecule has 2 radical (unpaired) electrons. The zero-order valence-corrected chi connectivity index (χ0v) is 10.8. The summed E-state index contributed by atoms with van der Waals surface area (Å²) < 4.78 is 17.8. The van der Waals surface area contributed by atoms with Gasteiger partial charge in [-0.3, -0.25) is 0 Å². The Hall–Kier alpha value is 2.38. The van der Waals surface area contributed by atoms with E-state index >= 15 is 0 Å². The van der Waals surface area contributed by atoms with Gasteiger partial charge < -0.3 is 29.4 Å². The van der Waals surface area contributed by atoms with Gasteiger partial charge in [-0.15, -0.1) is 0 Å². The zero-order valence-electron chi connectivity index (χ0n) is 5.50. The number of rotatable bonds is 0. The number of phosphoric acid groups is 2.